The molecule has 0 aromatic heterocycles. The Hall–Kier alpha value is -0.700. The highest BCUT2D eigenvalue weighted by molar-refractivity contribution is 7.87. The Bertz CT molecular complexity index is 367. The first-order valence-electron chi connectivity index (χ1n) is 4.94. The molecule has 3 N–H and O–H groups in total. The molecular formula is C8H16N2O5S. The number of hydrogen-bond acceptors (Lipinski definition) is 4. The van der Waals surface area contributed by atoms with Crippen LogP contribution in [0.25, 0.3) is 0 Å². The van der Waals surface area contributed by atoms with E-state index < -0.39 is 28.3 Å². The second kappa shape index (κ2) is 4.66. The van der Waals surface area contributed by atoms with Crippen molar-refractivity contribution in [1.29, 1.82) is 0 Å². The molecule has 0 radical (unpaired) electrons. The summed E-state index contributed by atoms with van der Waals surface area (Å²) in [5.41, 5.74) is 0. The molecule has 16 heavy (non-hydrogen) atoms. The van der Waals surface area contributed by atoms with E-state index in [-0.39, 0.29) is 19.0 Å². The standard InChI is InChI=1S/C8H16N2O5S/c1-5(2)9-16(14,15)10-4-6(11)3-7(10)8(12)13/h5-7,9,11H,3-4H2,1-2H3,(H,12,13)/t6-,7+/m1/s1. The molecule has 0 unspecified atom stereocenters. The van der Waals surface area contributed by atoms with E-state index in [9.17, 15) is 18.3 Å². The highest BCUT2D eigenvalue weighted by atomic mass is 32.2. The van der Waals surface area contributed by atoms with E-state index in [2.05, 4.69) is 4.72 Å². The fourth-order valence-corrected chi connectivity index (χ4v) is 3.25. The van der Waals surface area contributed by atoms with Gasteiger partial charge in [-0.25, -0.2) is 0 Å². The number of carboxylic acid groups (broad SMARTS) is 1. The van der Waals surface area contributed by atoms with Gasteiger partial charge in [-0.2, -0.15) is 17.4 Å². The number of aliphatic hydroxyl groups is 1. The lowest BCUT2D eigenvalue weighted by molar-refractivity contribution is -0.140. The molecule has 0 bridgehead atoms. The molecule has 0 aliphatic carbocycles. The normalized spacial score (nSPS) is 27.5. The third-order valence-corrected chi connectivity index (χ3v) is 4.00. The molecule has 0 saturated carbocycles. The van der Waals surface area contributed by atoms with Crippen LogP contribution in [0.2, 0.25) is 0 Å². The van der Waals surface area contributed by atoms with Gasteiger partial charge in [0, 0.05) is 19.0 Å². The van der Waals surface area contributed by atoms with Crippen LogP contribution in [0.15, 0.2) is 0 Å². The fraction of sp³-hybridized carbons (Fsp3) is 0.875. The monoisotopic (exact) mass is 252 g/mol. The molecule has 8 heteroatoms. The van der Waals surface area contributed by atoms with Crippen LogP contribution in [0.5, 0.6) is 0 Å². The highest BCUT2D eigenvalue weighted by Crippen LogP contribution is 2.21. The van der Waals surface area contributed by atoms with Crippen molar-refractivity contribution in [3.05, 3.63) is 0 Å². The predicted octanol–water partition coefficient (Wildman–Crippen LogP) is -1.25. The number of β-amino-alcohol motifs (C(OH)–C–C–N with tert-alkyl or cyclic N) is 1. The van der Waals surface area contributed by atoms with Crippen LogP contribution < -0.4 is 4.72 Å². The van der Waals surface area contributed by atoms with Crippen molar-refractivity contribution >= 4 is 16.2 Å². The maximum Gasteiger partial charge on any atom is 0.322 e. The van der Waals surface area contributed by atoms with Gasteiger partial charge in [-0.3, -0.25) is 4.79 Å². The number of aliphatic hydroxyl groups excluding tert-OH is 1. The van der Waals surface area contributed by atoms with E-state index in [1.165, 1.54) is 0 Å². The summed E-state index contributed by atoms with van der Waals surface area (Å²) in [5, 5.41) is 18.2. The van der Waals surface area contributed by atoms with Crippen LogP contribution in [0, 0.1) is 0 Å². The number of rotatable bonds is 4. The second-order valence-corrected chi connectivity index (χ2v) is 5.75. The summed E-state index contributed by atoms with van der Waals surface area (Å²) in [4.78, 5) is 10.8. The Labute approximate surface area is 94.2 Å². The maximum absolute atomic E-state index is 11.7. The summed E-state index contributed by atoms with van der Waals surface area (Å²) < 4.78 is 26.6. The third-order valence-electron chi connectivity index (χ3n) is 2.21. The van der Waals surface area contributed by atoms with Gasteiger partial charge < -0.3 is 10.2 Å². The number of aliphatic carboxylic acids is 1. The molecule has 1 rings (SSSR count). The van der Waals surface area contributed by atoms with Crippen molar-refractivity contribution in [1.82, 2.24) is 9.03 Å². The Morgan fingerprint density at radius 2 is 2.06 bits per heavy atom. The molecule has 1 aliphatic rings. The molecule has 7 nitrogen and oxygen atoms in total. The minimum absolute atomic E-state index is 0.0751. The number of hydrogen-bond donors (Lipinski definition) is 3. The van der Waals surface area contributed by atoms with Crippen LogP contribution in [-0.4, -0.2) is 53.6 Å². The summed E-state index contributed by atoms with van der Waals surface area (Å²) in [6.45, 7) is 3.10. The molecule has 94 valence electrons. The molecule has 1 heterocycles. The number of carboxylic acids is 1. The van der Waals surface area contributed by atoms with Crippen molar-refractivity contribution in [3.63, 3.8) is 0 Å². The summed E-state index contributed by atoms with van der Waals surface area (Å²) >= 11 is 0. The lowest BCUT2D eigenvalue weighted by atomic mass is 10.2. The first-order chi connectivity index (χ1) is 7.24. The maximum atomic E-state index is 11.7. The van der Waals surface area contributed by atoms with Gasteiger partial charge in [-0.15, -0.1) is 0 Å². The van der Waals surface area contributed by atoms with Crippen LogP contribution in [0.1, 0.15) is 20.3 Å². The fourth-order valence-electron chi connectivity index (χ4n) is 1.64. The molecule has 1 aliphatic heterocycles. The smallest absolute Gasteiger partial charge is 0.322 e. The predicted molar refractivity (Wildman–Crippen MR) is 55.9 cm³/mol. The van der Waals surface area contributed by atoms with Gasteiger partial charge in [0.05, 0.1) is 6.10 Å². The second-order valence-electron chi connectivity index (χ2n) is 4.09. The largest absolute Gasteiger partial charge is 0.480 e. The Kier molecular flexibility index (Phi) is 3.89. The zero-order chi connectivity index (χ0) is 12.5. The van der Waals surface area contributed by atoms with Crippen LogP contribution in [-0.2, 0) is 15.0 Å². The molecular weight excluding hydrogens is 236 g/mol. The zero-order valence-electron chi connectivity index (χ0n) is 9.12. The summed E-state index contributed by atoms with van der Waals surface area (Å²) in [6.07, 6.45) is -1.00. The first-order valence-corrected chi connectivity index (χ1v) is 6.38. The topological polar surface area (TPSA) is 107 Å². The van der Waals surface area contributed by atoms with Crippen molar-refractivity contribution in [3.8, 4) is 0 Å². The number of carbonyl (C=O) groups is 1. The SMILES string of the molecule is CC(C)NS(=O)(=O)N1C[C@H](O)C[C@H]1C(=O)O. The van der Waals surface area contributed by atoms with E-state index in [4.69, 9.17) is 5.11 Å². The Morgan fingerprint density at radius 3 is 2.50 bits per heavy atom. The molecule has 0 spiro atoms. The van der Waals surface area contributed by atoms with Crippen molar-refractivity contribution < 1.29 is 23.4 Å². The van der Waals surface area contributed by atoms with Crippen LogP contribution in [0.3, 0.4) is 0 Å². The van der Waals surface area contributed by atoms with Gasteiger partial charge in [0.15, 0.2) is 0 Å². The molecule has 0 aromatic rings. The van der Waals surface area contributed by atoms with Gasteiger partial charge in [-0.1, -0.05) is 0 Å². The average molecular weight is 252 g/mol. The van der Waals surface area contributed by atoms with Crippen molar-refractivity contribution in [2.45, 2.75) is 38.5 Å². The van der Waals surface area contributed by atoms with E-state index in [1.54, 1.807) is 13.8 Å². The Balaban J connectivity index is 2.89. The minimum atomic E-state index is -3.84. The molecule has 0 amide bonds. The van der Waals surface area contributed by atoms with E-state index >= 15 is 0 Å². The van der Waals surface area contributed by atoms with Gasteiger partial charge in [0.25, 0.3) is 10.2 Å². The summed E-state index contributed by atoms with van der Waals surface area (Å²) in [6, 6.07) is -1.51. The molecule has 0 aromatic carbocycles. The van der Waals surface area contributed by atoms with Crippen molar-refractivity contribution in [2.75, 3.05) is 6.54 Å². The summed E-state index contributed by atoms with van der Waals surface area (Å²) in [7, 11) is -3.84. The molecule has 1 saturated heterocycles. The molecule has 1 fully saturated rings. The zero-order valence-corrected chi connectivity index (χ0v) is 9.94. The molecule has 2 atom stereocenters. The van der Waals surface area contributed by atoms with Gasteiger partial charge >= 0.3 is 5.97 Å². The first kappa shape index (κ1) is 13.4. The van der Waals surface area contributed by atoms with Crippen LogP contribution >= 0.6 is 0 Å². The van der Waals surface area contributed by atoms with E-state index in [0.29, 0.717) is 0 Å². The highest BCUT2D eigenvalue weighted by Gasteiger charge is 2.42. The lowest BCUT2D eigenvalue weighted by Crippen LogP contribution is -2.48. The van der Waals surface area contributed by atoms with Gasteiger partial charge in [0.1, 0.15) is 6.04 Å². The van der Waals surface area contributed by atoms with Crippen LogP contribution in [0.4, 0.5) is 0 Å². The quantitative estimate of drug-likeness (QED) is 0.579. The average Bonchev–Trinajstić information content (AvgIpc) is 2.45. The van der Waals surface area contributed by atoms with E-state index in [1.807, 2.05) is 0 Å². The number of nitrogens with one attached hydrogen (secondary N) is 1. The van der Waals surface area contributed by atoms with Crippen molar-refractivity contribution in [2.24, 2.45) is 0 Å². The summed E-state index contributed by atoms with van der Waals surface area (Å²) in [5.74, 6) is -1.24. The minimum Gasteiger partial charge on any atom is -0.480 e. The van der Waals surface area contributed by atoms with Gasteiger partial charge in [-0.05, 0) is 13.8 Å². The lowest BCUT2D eigenvalue weighted by Gasteiger charge is -2.22. The third kappa shape index (κ3) is 2.91. The van der Waals surface area contributed by atoms with E-state index in [0.717, 1.165) is 4.31 Å². The Morgan fingerprint density at radius 1 is 1.50 bits per heavy atom. The van der Waals surface area contributed by atoms with Gasteiger partial charge in [0.2, 0.25) is 0 Å². The number of nitrogens with zero attached hydrogens (tertiary/aromatic N) is 1.